The van der Waals surface area contributed by atoms with E-state index in [2.05, 4.69) is 19.2 Å². The van der Waals surface area contributed by atoms with Gasteiger partial charge in [-0.25, -0.2) is 8.42 Å². The Morgan fingerprint density at radius 1 is 1.06 bits per heavy atom. The summed E-state index contributed by atoms with van der Waals surface area (Å²) in [5, 5.41) is 3.14. The first kappa shape index (κ1) is 24.7. The summed E-state index contributed by atoms with van der Waals surface area (Å²) in [6.07, 6.45) is 0.832. The molecular formula is C25H27ClN2O4S. The lowest BCUT2D eigenvalue weighted by atomic mass is 10.0. The molecule has 0 aliphatic carbocycles. The summed E-state index contributed by atoms with van der Waals surface area (Å²) in [6.45, 7) is 7.10. The molecule has 3 aromatic rings. The first-order valence-corrected chi connectivity index (χ1v) is 12.5. The molecule has 0 aliphatic heterocycles. The molecule has 1 N–H and O–H groups in total. The van der Waals surface area contributed by atoms with Crippen LogP contribution in [0.4, 0.5) is 5.69 Å². The topological polar surface area (TPSA) is 85.2 Å². The third kappa shape index (κ3) is 5.72. The minimum absolute atomic E-state index is 0.0500. The van der Waals surface area contributed by atoms with Gasteiger partial charge in [0.1, 0.15) is 11.4 Å². The Kier molecular flexibility index (Phi) is 7.44. The van der Waals surface area contributed by atoms with Crippen molar-refractivity contribution in [2.75, 3.05) is 5.32 Å². The second-order valence-electron chi connectivity index (χ2n) is 8.49. The van der Waals surface area contributed by atoms with E-state index in [1.807, 2.05) is 0 Å². The molecule has 0 aliphatic rings. The van der Waals surface area contributed by atoms with Crippen molar-refractivity contribution in [2.45, 2.75) is 50.5 Å². The van der Waals surface area contributed by atoms with Crippen LogP contribution in [-0.4, -0.2) is 18.9 Å². The Hall–Kier alpha value is -2.90. The number of benzene rings is 2. The van der Waals surface area contributed by atoms with Crippen molar-refractivity contribution >= 4 is 33.0 Å². The van der Waals surface area contributed by atoms with E-state index in [0.29, 0.717) is 27.9 Å². The van der Waals surface area contributed by atoms with Crippen molar-refractivity contribution in [3.8, 4) is 0 Å². The first-order chi connectivity index (χ1) is 15.5. The fourth-order valence-electron chi connectivity index (χ4n) is 3.74. The van der Waals surface area contributed by atoms with E-state index in [-0.39, 0.29) is 16.3 Å². The highest BCUT2D eigenvalue weighted by Crippen LogP contribution is 2.23. The molecule has 1 aromatic heterocycles. The number of amides is 1. The maximum Gasteiger partial charge on any atom is 0.270 e. The van der Waals surface area contributed by atoms with Gasteiger partial charge < -0.3 is 9.88 Å². The number of hydrogen-bond acceptors (Lipinski definition) is 4. The van der Waals surface area contributed by atoms with E-state index >= 15 is 0 Å². The van der Waals surface area contributed by atoms with E-state index in [0.717, 1.165) is 12.0 Å². The van der Waals surface area contributed by atoms with Gasteiger partial charge in [0.25, 0.3) is 5.56 Å². The van der Waals surface area contributed by atoms with Crippen LogP contribution >= 0.6 is 11.6 Å². The summed E-state index contributed by atoms with van der Waals surface area (Å²) in [7, 11) is -4.07. The molecule has 3 rings (SSSR count). The van der Waals surface area contributed by atoms with Crippen molar-refractivity contribution in [1.29, 1.82) is 0 Å². The summed E-state index contributed by atoms with van der Waals surface area (Å²) in [6, 6.07) is 14.8. The lowest BCUT2D eigenvalue weighted by Crippen LogP contribution is -2.33. The average molecular weight is 487 g/mol. The number of rotatable bonds is 7. The number of aryl methyl sites for hydroxylation is 2. The number of nitrogens with one attached hydrogen (secondary N) is 1. The van der Waals surface area contributed by atoms with E-state index < -0.39 is 21.3 Å². The Bertz CT molecular complexity index is 1340. The van der Waals surface area contributed by atoms with Gasteiger partial charge in [-0.15, -0.1) is 0 Å². The molecule has 0 atom stereocenters. The van der Waals surface area contributed by atoms with E-state index in [4.69, 9.17) is 11.6 Å². The fraction of sp³-hybridized carbons (Fsp3) is 0.280. The number of nitrogens with zero attached hydrogens (tertiary/aromatic N) is 1. The van der Waals surface area contributed by atoms with Gasteiger partial charge in [-0.3, -0.25) is 9.59 Å². The standard InChI is InChI=1S/C25H27ClN2O4S/c1-16(2)12-19-8-10-22(11-9-19)33(31,32)24-17(3)13-18(4)28(25(24)30)15-23(29)27-21-7-5-6-20(26)14-21/h5-11,13-14,16H,12,15H2,1-4H3,(H,27,29). The van der Waals surface area contributed by atoms with Crippen LogP contribution in [-0.2, 0) is 27.6 Å². The van der Waals surface area contributed by atoms with Gasteiger partial charge in [0, 0.05) is 16.4 Å². The van der Waals surface area contributed by atoms with Gasteiger partial charge in [0.05, 0.1) is 4.90 Å². The van der Waals surface area contributed by atoms with E-state index in [9.17, 15) is 18.0 Å². The maximum absolute atomic E-state index is 13.4. The second-order valence-corrected chi connectivity index (χ2v) is 10.8. The van der Waals surface area contributed by atoms with Crippen molar-refractivity contribution in [3.63, 3.8) is 0 Å². The Morgan fingerprint density at radius 2 is 1.73 bits per heavy atom. The number of halogens is 1. The van der Waals surface area contributed by atoms with Crippen LogP contribution in [0.3, 0.4) is 0 Å². The van der Waals surface area contributed by atoms with Crippen LogP contribution in [0.5, 0.6) is 0 Å². The molecule has 33 heavy (non-hydrogen) atoms. The van der Waals surface area contributed by atoms with Gasteiger partial charge in [0.15, 0.2) is 0 Å². The molecule has 2 aromatic carbocycles. The number of sulfone groups is 1. The average Bonchev–Trinajstić information content (AvgIpc) is 2.70. The van der Waals surface area contributed by atoms with Crippen LogP contribution in [0.15, 0.2) is 69.2 Å². The molecule has 6 nitrogen and oxygen atoms in total. The molecule has 0 spiro atoms. The minimum atomic E-state index is -4.07. The van der Waals surface area contributed by atoms with E-state index in [1.165, 1.54) is 16.7 Å². The van der Waals surface area contributed by atoms with Gasteiger partial charge in [-0.05, 0) is 73.7 Å². The number of anilines is 1. The fourth-order valence-corrected chi connectivity index (χ4v) is 5.48. The maximum atomic E-state index is 13.4. The molecule has 0 saturated carbocycles. The zero-order chi connectivity index (χ0) is 24.3. The molecule has 0 unspecified atom stereocenters. The number of aromatic nitrogens is 1. The van der Waals surface area contributed by atoms with Crippen molar-refractivity contribution < 1.29 is 13.2 Å². The highest BCUT2D eigenvalue weighted by atomic mass is 35.5. The molecule has 1 heterocycles. The SMILES string of the molecule is Cc1cc(C)n(CC(=O)Nc2cccc(Cl)c2)c(=O)c1S(=O)(=O)c1ccc(CC(C)C)cc1. The number of carbonyl (C=O) groups excluding carboxylic acids is 1. The van der Waals surface area contributed by atoms with Crippen LogP contribution in [0.2, 0.25) is 5.02 Å². The van der Waals surface area contributed by atoms with Gasteiger partial charge in [-0.2, -0.15) is 0 Å². The van der Waals surface area contributed by atoms with Gasteiger partial charge in [0.2, 0.25) is 15.7 Å². The van der Waals surface area contributed by atoms with Crippen molar-refractivity contribution in [3.05, 3.63) is 86.8 Å². The lowest BCUT2D eigenvalue weighted by Gasteiger charge is -2.15. The Balaban J connectivity index is 1.96. The normalized spacial score (nSPS) is 11.6. The number of carbonyl (C=O) groups is 1. The monoisotopic (exact) mass is 486 g/mol. The minimum Gasteiger partial charge on any atom is -0.324 e. The molecule has 0 radical (unpaired) electrons. The zero-order valence-electron chi connectivity index (χ0n) is 19.1. The quantitative estimate of drug-likeness (QED) is 0.520. The Labute approximate surface area is 199 Å². The van der Waals surface area contributed by atoms with Gasteiger partial charge >= 0.3 is 0 Å². The van der Waals surface area contributed by atoms with Crippen LogP contribution < -0.4 is 10.9 Å². The highest BCUT2D eigenvalue weighted by molar-refractivity contribution is 7.91. The summed E-state index contributed by atoms with van der Waals surface area (Å²) < 4.78 is 27.9. The van der Waals surface area contributed by atoms with Crippen LogP contribution in [0.1, 0.15) is 30.7 Å². The predicted octanol–water partition coefficient (Wildman–Crippen LogP) is 4.79. The predicted molar refractivity (Wildman–Crippen MR) is 131 cm³/mol. The second kappa shape index (κ2) is 9.93. The van der Waals surface area contributed by atoms with Crippen molar-refractivity contribution in [1.82, 2.24) is 4.57 Å². The zero-order valence-corrected chi connectivity index (χ0v) is 20.6. The lowest BCUT2D eigenvalue weighted by molar-refractivity contribution is -0.116. The van der Waals surface area contributed by atoms with Crippen molar-refractivity contribution in [2.24, 2.45) is 5.92 Å². The highest BCUT2D eigenvalue weighted by Gasteiger charge is 2.26. The molecule has 0 fully saturated rings. The molecular weight excluding hydrogens is 460 g/mol. The number of hydrogen-bond donors (Lipinski definition) is 1. The summed E-state index contributed by atoms with van der Waals surface area (Å²) in [5.74, 6) is -0.0234. The van der Waals surface area contributed by atoms with Crippen LogP contribution in [0.25, 0.3) is 0 Å². The molecule has 0 bridgehead atoms. The summed E-state index contributed by atoms with van der Waals surface area (Å²) >= 11 is 5.95. The molecule has 0 saturated heterocycles. The van der Waals surface area contributed by atoms with Gasteiger partial charge in [-0.1, -0.05) is 43.6 Å². The third-order valence-corrected chi connectivity index (χ3v) is 7.37. The summed E-state index contributed by atoms with van der Waals surface area (Å²) in [4.78, 5) is 25.6. The summed E-state index contributed by atoms with van der Waals surface area (Å²) in [5.41, 5.74) is 1.62. The van der Waals surface area contributed by atoms with Crippen LogP contribution in [0, 0.1) is 19.8 Å². The van der Waals surface area contributed by atoms with E-state index in [1.54, 1.807) is 56.3 Å². The third-order valence-electron chi connectivity index (χ3n) is 5.21. The first-order valence-electron chi connectivity index (χ1n) is 10.6. The molecule has 174 valence electrons. The molecule has 8 heteroatoms. The molecule has 1 amide bonds. The Morgan fingerprint density at radius 3 is 2.33 bits per heavy atom. The largest absolute Gasteiger partial charge is 0.324 e. The number of pyridine rings is 1. The smallest absolute Gasteiger partial charge is 0.270 e.